The van der Waals surface area contributed by atoms with Gasteiger partial charge in [0.25, 0.3) is 0 Å². The SMILES string of the molecule is CCCCCCCCCCCc1ccc(C(=O)O)c([O-])c1.[K+]. The fourth-order valence-electron chi connectivity index (χ4n) is 2.54. The second-order valence-corrected chi connectivity index (χ2v) is 5.71. The largest absolute Gasteiger partial charge is 1.00 e. The van der Waals surface area contributed by atoms with Crippen molar-refractivity contribution < 1.29 is 66.4 Å². The Labute approximate surface area is 176 Å². The number of aromatic carboxylic acids is 1. The third-order valence-electron chi connectivity index (χ3n) is 3.85. The van der Waals surface area contributed by atoms with Crippen LogP contribution in [0.2, 0.25) is 0 Å². The predicted molar refractivity (Wildman–Crippen MR) is 83.8 cm³/mol. The van der Waals surface area contributed by atoms with Crippen molar-refractivity contribution >= 4 is 5.97 Å². The van der Waals surface area contributed by atoms with Crippen molar-refractivity contribution in [3.63, 3.8) is 0 Å². The van der Waals surface area contributed by atoms with Gasteiger partial charge in [0, 0.05) is 0 Å². The van der Waals surface area contributed by atoms with Crippen molar-refractivity contribution in [2.45, 2.75) is 71.1 Å². The summed E-state index contributed by atoms with van der Waals surface area (Å²) in [5, 5.41) is 20.4. The molecule has 0 aliphatic rings. The zero-order valence-electron chi connectivity index (χ0n) is 14.1. The number of carbonyl (C=O) groups is 1. The summed E-state index contributed by atoms with van der Waals surface area (Å²) in [7, 11) is 0. The topological polar surface area (TPSA) is 60.4 Å². The molecule has 118 valence electrons. The minimum Gasteiger partial charge on any atom is -0.872 e. The van der Waals surface area contributed by atoms with Crippen molar-refractivity contribution in [2.75, 3.05) is 0 Å². The summed E-state index contributed by atoms with van der Waals surface area (Å²) in [5.74, 6) is -1.52. The van der Waals surface area contributed by atoms with Gasteiger partial charge in [-0.3, -0.25) is 0 Å². The minimum atomic E-state index is -1.14. The molecule has 0 fully saturated rings. The number of aryl methyl sites for hydroxylation is 1. The van der Waals surface area contributed by atoms with E-state index in [9.17, 15) is 9.90 Å². The molecule has 0 saturated heterocycles. The van der Waals surface area contributed by atoms with Gasteiger partial charge in [0.15, 0.2) is 0 Å². The number of hydrogen-bond donors (Lipinski definition) is 1. The second-order valence-electron chi connectivity index (χ2n) is 5.71. The Bertz CT molecular complexity index is 432. The first kappa shape index (κ1) is 22.1. The summed E-state index contributed by atoms with van der Waals surface area (Å²) in [6.45, 7) is 2.23. The first-order valence-electron chi connectivity index (χ1n) is 8.18. The molecule has 4 heteroatoms. The van der Waals surface area contributed by atoms with E-state index in [1.807, 2.05) is 0 Å². The van der Waals surface area contributed by atoms with E-state index in [1.54, 1.807) is 6.07 Å². The van der Waals surface area contributed by atoms with Crippen molar-refractivity contribution in [1.29, 1.82) is 0 Å². The molecule has 0 aliphatic carbocycles. The van der Waals surface area contributed by atoms with E-state index < -0.39 is 5.97 Å². The van der Waals surface area contributed by atoms with Gasteiger partial charge in [-0.15, -0.1) is 0 Å². The Kier molecular flexibility index (Phi) is 13.6. The maximum atomic E-state index is 11.6. The van der Waals surface area contributed by atoms with Gasteiger partial charge in [0.2, 0.25) is 0 Å². The Morgan fingerprint density at radius 3 is 2.05 bits per heavy atom. The van der Waals surface area contributed by atoms with Gasteiger partial charge in [-0.25, -0.2) is 4.79 Å². The normalized spacial score (nSPS) is 10.2. The standard InChI is InChI=1S/C18H28O3.K/c1-2-3-4-5-6-7-8-9-10-11-15-12-13-16(18(20)21)17(19)14-15;/h12-14,19H,2-11H2,1H3,(H,20,21);/q;+1/p-1. The van der Waals surface area contributed by atoms with Crippen molar-refractivity contribution in [1.82, 2.24) is 0 Å². The van der Waals surface area contributed by atoms with E-state index >= 15 is 0 Å². The number of hydrogen-bond acceptors (Lipinski definition) is 2. The van der Waals surface area contributed by atoms with Gasteiger partial charge in [0.1, 0.15) is 0 Å². The molecule has 0 unspecified atom stereocenters. The number of rotatable bonds is 11. The van der Waals surface area contributed by atoms with Crippen LogP contribution < -0.4 is 56.5 Å². The van der Waals surface area contributed by atoms with Crippen LogP contribution in [0, 0.1) is 0 Å². The van der Waals surface area contributed by atoms with Gasteiger partial charge in [-0.05, 0) is 24.5 Å². The van der Waals surface area contributed by atoms with E-state index in [1.165, 1.54) is 63.5 Å². The first-order valence-corrected chi connectivity index (χ1v) is 8.18. The molecule has 0 amide bonds. The minimum absolute atomic E-state index is 0. The quantitative estimate of drug-likeness (QED) is 0.494. The van der Waals surface area contributed by atoms with Gasteiger partial charge in [0.05, 0.1) is 5.56 Å². The molecule has 3 nitrogen and oxygen atoms in total. The zero-order valence-corrected chi connectivity index (χ0v) is 17.2. The summed E-state index contributed by atoms with van der Waals surface area (Å²) in [4.78, 5) is 10.8. The molecular formula is C18H27KO3. The van der Waals surface area contributed by atoms with Crippen LogP contribution in [-0.4, -0.2) is 11.1 Å². The monoisotopic (exact) mass is 330 g/mol. The summed E-state index contributed by atoms with van der Waals surface area (Å²) in [6, 6.07) is 4.65. The molecular weight excluding hydrogens is 303 g/mol. The average Bonchev–Trinajstić information content (AvgIpc) is 2.45. The molecule has 0 atom stereocenters. The van der Waals surface area contributed by atoms with Crippen LogP contribution in [0.4, 0.5) is 0 Å². The molecule has 1 aromatic rings. The predicted octanol–water partition coefficient (Wildman–Crippen LogP) is 1.54. The van der Waals surface area contributed by atoms with Crippen LogP contribution in [0.25, 0.3) is 0 Å². The Morgan fingerprint density at radius 1 is 1.00 bits per heavy atom. The van der Waals surface area contributed by atoms with E-state index in [0.29, 0.717) is 0 Å². The molecule has 0 heterocycles. The van der Waals surface area contributed by atoms with Gasteiger partial charge in [-0.2, -0.15) is 0 Å². The smallest absolute Gasteiger partial charge is 0.872 e. The van der Waals surface area contributed by atoms with Crippen molar-refractivity contribution in [3.8, 4) is 5.75 Å². The van der Waals surface area contributed by atoms with Crippen LogP contribution in [0.1, 0.15) is 80.6 Å². The zero-order chi connectivity index (χ0) is 15.5. The molecule has 1 rings (SSSR count). The van der Waals surface area contributed by atoms with Crippen LogP contribution in [0.15, 0.2) is 18.2 Å². The molecule has 22 heavy (non-hydrogen) atoms. The van der Waals surface area contributed by atoms with Crippen LogP contribution in [-0.2, 0) is 6.42 Å². The molecule has 1 aromatic carbocycles. The fourth-order valence-corrected chi connectivity index (χ4v) is 2.54. The number of carboxylic acid groups (broad SMARTS) is 1. The number of carboxylic acids is 1. The first-order chi connectivity index (χ1) is 10.1. The number of unbranched alkanes of at least 4 members (excludes halogenated alkanes) is 8. The van der Waals surface area contributed by atoms with Gasteiger partial charge < -0.3 is 10.2 Å². The molecule has 0 aromatic heterocycles. The maximum absolute atomic E-state index is 11.6. The maximum Gasteiger partial charge on any atom is 1.00 e. The third kappa shape index (κ3) is 9.31. The Morgan fingerprint density at radius 2 is 1.55 bits per heavy atom. The number of benzene rings is 1. The molecule has 0 aliphatic heterocycles. The van der Waals surface area contributed by atoms with E-state index in [-0.39, 0.29) is 62.7 Å². The van der Waals surface area contributed by atoms with E-state index in [0.717, 1.165) is 18.4 Å². The molecule has 0 saturated carbocycles. The van der Waals surface area contributed by atoms with Crippen molar-refractivity contribution in [2.24, 2.45) is 0 Å². The molecule has 0 bridgehead atoms. The summed E-state index contributed by atoms with van der Waals surface area (Å²) in [6.07, 6.45) is 12.4. The van der Waals surface area contributed by atoms with Gasteiger partial charge >= 0.3 is 57.4 Å². The van der Waals surface area contributed by atoms with E-state index in [2.05, 4.69) is 6.92 Å². The van der Waals surface area contributed by atoms with Crippen LogP contribution in [0.3, 0.4) is 0 Å². The summed E-state index contributed by atoms with van der Waals surface area (Å²) < 4.78 is 0. The molecule has 1 N–H and O–H groups in total. The van der Waals surface area contributed by atoms with Crippen LogP contribution in [0.5, 0.6) is 5.75 Å². The fraction of sp³-hybridized carbons (Fsp3) is 0.611. The van der Waals surface area contributed by atoms with Crippen molar-refractivity contribution in [3.05, 3.63) is 29.3 Å². The average molecular weight is 331 g/mol. The Balaban J connectivity index is 0.00000441. The summed E-state index contributed by atoms with van der Waals surface area (Å²) >= 11 is 0. The molecule has 0 radical (unpaired) electrons. The van der Waals surface area contributed by atoms with Gasteiger partial charge in [-0.1, -0.05) is 76.2 Å². The Hall–Kier alpha value is 0.126. The molecule has 0 spiro atoms. The third-order valence-corrected chi connectivity index (χ3v) is 3.85. The second kappa shape index (κ2) is 13.6. The van der Waals surface area contributed by atoms with Crippen LogP contribution >= 0.6 is 0 Å². The summed E-state index contributed by atoms with van der Waals surface area (Å²) in [5.41, 5.74) is 0.818. The van der Waals surface area contributed by atoms with E-state index in [4.69, 9.17) is 5.11 Å².